The van der Waals surface area contributed by atoms with Gasteiger partial charge in [-0.1, -0.05) is 18.3 Å². The zero-order valence-electron chi connectivity index (χ0n) is 20.8. The maximum Gasteiger partial charge on any atom is 0.253 e. The number of piperidine rings is 1. The summed E-state index contributed by atoms with van der Waals surface area (Å²) >= 11 is 1.44. The summed E-state index contributed by atoms with van der Waals surface area (Å²) in [5.41, 5.74) is 1.22. The van der Waals surface area contributed by atoms with Gasteiger partial charge in [-0.25, -0.2) is 21.8 Å². The molecule has 0 radical (unpaired) electrons. The molecule has 3 aromatic rings. The van der Waals surface area contributed by atoms with Gasteiger partial charge in [-0.05, 0) is 61.2 Å². The summed E-state index contributed by atoms with van der Waals surface area (Å²) in [6.45, 7) is 5.35. The lowest BCUT2D eigenvalue weighted by Crippen LogP contribution is -2.48. The number of anilines is 1. The minimum atomic E-state index is -3.56. The van der Waals surface area contributed by atoms with E-state index in [-0.39, 0.29) is 15.7 Å². The predicted molar refractivity (Wildman–Crippen MR) is 144 cm³/mol. The van der Waals surface area contributed by atoms with E-state index in [0.717, 1.165) is 28.2 Å². The van der Waals surface area contributed by atoms with Crippen molar-refractivity contribution < 1.29 is 21.6 Å². The van der Waals surface area contributed by atoms with Crippen molar-refractivity contribution in [3.8, 4) is 0 Å². The molecule has 12 heteroatoms. The van der Waals surface area contributed by atoms with Crippen LogP contribution in [0, 0.1) is 5.92 Å². The predicted octanol–water partition coefficient (Wildman–Crippen LogP) is 3.08. The second-order valence-electron chi connectivity index (χ2n) is 9.81. The maximum absolute atomic E-state index is 13.1. The van der Waals surface area contributed by atoms with Crippen LogP contribution in [0.5, 0.6) is 0 Å². The molecule has 0 N–H and O–H groups in total. The molecule has 0 spiro atoms. The summed E-state index contributed by atoms with van der Waals surface area (Å²) in [4.78, 5) is 22.1. The van der Waals surface area contributed by atoms with Crippen molar-refractivity contribution in [2.45, 2.75) is 29.6 Å². The highest BCUT2D eigenvalue weighted by atomic mass is 32.2. The van der Waals surface area contributed by atoms with Crippen LogP contribution >= 0.6 is 11.3 Å². The van der Waals surface area contributed by atoms with E-state index in [4.69, 9.17) is 0 Å². The first kappa shape index (κ1) is 26.1. The fraction of sp³-hybridized carbons (Fsp3) is 0.440. The SMILES string of the molecule is CC1CCCN(S(=O)(=O)c2ccc(C(=O)N3CCN(c4nc5ccc(S(C)(=O)=O)cc5s4)CC3)cc2)C1. The maximum atomic E-state index is 13.1. The molecule has 1 aromatic heterocycles. The van der Waals surface area contributed by atoms with Crippen LogP contribution in [-0.4, -0.2) is 82.5 Å². The Balaban J connectivity index is 1.23. The standard InChI is InChI=1S/C25H30N4O5S3/c1-18-4-3-11-29(17-18)37(33,34)20-7-5-19(6-8-20)24(30)27-12-14-28(15-13-27)25-26-22-10-9-21(36(2,31)32)16-23(22)35-25/h5-10,16,18H,3-4,11-15,17H2,1-2H3. The molecule has 2 aliphatic heterocycles. The quantitative estimate of drug-likeness (QED) is 0.470. The molecule has 2 saturated heterocycles. The van der Waals surface area contributed by atoms with Gasteiger partial charge < -0.3 is 9.80 Å². The molecule has 3 heterocycles. The Morgan fingerprint density at radius 2 is 1.62 bits per heavy atom. The van der Waals surface area contributed by atoms with Gasteiger partial charge in [0.2, 0.25) is 10.0 Å². The number of fused-ring (bicyclic) bond motifs is 1. The number of hydrogen-bond donors (Lipinski definition) is 0. The highest BCUT2D eigenvalue weighted by molar-refractivity contribution is 7.90. The number of hydrogen-bond acceptors (Lipinski definition) is 8. The molecule has 2 fully saturated rings. The number of nitrogens with zero attached hydrogens (tertiary/aromatic N) is 4. The van der Waals surface area contributed by atoms with Crippen molar-refractivity contribution in [1.29, 1.82) is 0 Å². The second kappa shape index (κ2) is 9.97. The van der Waals surface area contributed by atoms with E-state index >= 15 is 0 Å². The third kappa shape index (κ3) is 5.38. The highest BCUT2D eigenvalue weighted by Crippen LogP contribution is 2.31. The number of sulfonamides is 1. The van der Waals surface area contributed by atoms with Crippen molar-refractivity contribution in [3.05, 3.63) is 48.0 Å². The Labute approximate surface area is 221 Å². The summed E-state index contributed by atoms with van der Waals surface area (Å²) < 4.78 is 52.1. The van der Waals surface area contributed by atoms with E-state index in [2.05, 4.69) is 16.8 Å². The van der Waals surface area contributed by atoms with Gasteiger partial charge in [0.15, 0.2) is 15.0 Å². The van der Waals surface area contributed by atoms with Crippen LogP contribution in [0.1, 0.15) is 30.1 Å². The number of piperazine rings is 1. The fourth-order valence-electron chi connectivity index (χ4n) is 4.83. The Bertz CT molecular complexity index is 1530. The van der Waals surface area contributed by atoms with Crippen LogP contribution in [0.4, 0.5) is 5.13 Å². The first-order valence-electron chi connectivity index (χ1n) is 12.3. The van der Waals surface area contributed by atoms with Gasteiger partial charge in [-0.2, -0.15) is 4.31 Å². The number of carbonyl (C=O) groups excluding carboxylic acids is 1. The number of thiazole rings is 1. The zero-order valence-corrected chi connectivity index (χ0v) is 23.3. The molecule has 2 aliphatic rings. The molecule has 9 nitrogen and oxygen atoms in total. The molecular formula is C25H30N4O5S3. The van der Waals surface area contributed by atoms with Crippen LogP contribution in [0.15, 0.2) is 52.3 Å². The molecule has 0 aliphatic carbocycles. The minimum Gasteiger partial charge on any atom is -0.345 e. The second-order valence-corrected chi connectivity index (χ2v) is 14.8. The summed E-state index contributed by atoms with van der Waals surface area (Å²) in [5, 5.41) is 0.800. The molecule has 1 unspecified atom stereocenters. The number of benzene rings is 2. The summed E-state index contributed by atoms with van der Waals surface area (Å²) in [6.07, 6.45) is 3.09. The molecular weight excluding hydrogens is 532 g/mol. The third-order valence-electron chi connectivity index (χ3n) is 6.97. The smallest absolute Gasteiger partial charge is 0.253 e. The van der Waals surface area contributed by atoms with E-state index in [1.807, 2.05) is 0 Å². The minimum absolute atomic E-state index is 0.128. The van der Waals surface area contributed by atoms with Crippen LogP contribution in [0.2, 0.25) is 0 Å². The molecule has 5 rings (SSSR count). The Hall–Kier alpha value is -2.54. The van der Waals surface area contributed by atoms with Gasteiger partial charge in [0.05, 0.1) is 20.0 Å². The molecule has 2 aromatic carbocycles. The Morgan fingerprint density at radius 3 is 2.27 bits per heavy atom. The number of rotatable bonds is 5. The summed E-state index contributed by atoms with van der Waals surface area (Å²) in [5.74, 6) is 0.216. The number of sulfone groups is 1. The number of carbonyl (C=O) groups is 1. The average Bonchev–Trinajstić information content (AvgIpc) is 3.32. The van der Waals surface area contributed by atoms with E-state index in [0.29, 0.717) is 50.7 Å². The van der Waals surface area contributed by atoms with E-state index < -0.39 is 19.9 Å². The summed E-state index contributed by atoms with van der Waals surface area (Å²) in [6, 6.07) is 11.2. The fourth-order valence-corrected chi connectivity index (χ4v) is 8.20. The van der Waals surface area contributed by atoms with Crippen LogP contribution in [0.25, 0.3) is 10.2 Å². The Kier molecular flexibility index (Phi) is 7.03. The monoisotopic (exact) mass is 562 g/mol. The summed E-state index contributed by atoms with van der Waals surface area (Å²) in [7, 11) is -6.85. The van der Waals surface area contributed by atoms with Gasteiger partial charge in [0, 0.05) is 51.1 Å². The normalized spacial score (nSPS) is 19.9. The van der Waals surface area contributed by atoms with Crippen molar-refractivity contribution in [3.63, 3.8) is 0 Å². The van der Waals surface area contributed by atoms with E-state index in [1.165, 1.54) is 29.7 Å². The largest absolute Gasteiger partial charge is 0.345 e. The van der Waals surface area contributed by atoms with Gasteiger partial charge in [-0.3, -0.25) is 4.79 Å². The lowest BCUT2D eigenvalue weighted by Gasteiger charge is -2.34. The molecule has 198 valence electrons. The van der Waals surface area contributed by atoms with Crippen LogP contribution < -0.4 is 4.90 Å². The third-order valence-corrected chi connectivity index (χ3v) is 11.0. The van der Waals surface area contributed by atoms with Crippen molar-refractivity contribution in [1.82, 2.24) is 14.2 Å². The van der Waals surface area contributed by atoms with Crippen molar-refractivity contribution in [2.24, 2.45) is 5.92 Å². The zero-order chi connectivity index (χ0) is 26.4. The lowest BCUT2D eigenvalue weighted by atomic mass is 10.0. The average molecular weight is 563 g/mol. The Morgan fingerprint density at radius 1 is 0.946 bits per heavy atom. The van der Waals surface area contributed by atoms with E-state index in [9.17, 15) is 21.6 Å². The first-order chi connectivity index (χ1) is 17.5. The number of aromatic nitrogens is 1. The van der Waals surface area contributed by atoms with Crippen LogP contribution in [-0.2, 0) is 19.9 Å². The van der Waals surface area contributed by atoms with Crippen LogP contribution in [0.3, 0.4) is 0 Å². The topological polar surface area (TPSA) is 108 Å². The highest BCUT2D eigenvalue weighted by Gasteiger charge is 2.29. The van der Waals surface area contributed by atoms with Gasteiger partial charge in [0.25, 0.3) is 5.91 Å². The van der Waals surface area contributed by atoms with E-state index in [1.54, 1.807) is 39.5 Å². The van der Waals surface area contributed by atoms with Gasteiger partial charge in [0.1, 0.15) is 0 Å². The molecule has 1 amide bonds. The molecule has 37 heavy (non-hydrogen) atoms. The number of amides is 1. The molecule has 0 bridgehead atoms. The lowest BCUT2D eigenvalue weighted by molar-refractivity contribution is 0.0746. The van der Waals surface area contributed by atoms with Gasteiger partial charge in [-0.15, -0.1) is 0 Å². The van der Waals surface area contributed by atoms with Crippen molar-refractivity contribution >= 4 is 52.5 Å². The first-order valence-corrected chi connectivity index (χ1v) is 16.4. The van der Waals surface area contributed by atoms with Crippen molar-refractivity contribution in [2.75, 3.05) is 50.4 Å². The molecule has 1 atom stereocenters. The van der Waals surface area contributed by atoms with Gasteiger partial charge >= 0.3 is 0 Å². The molecule has 0 saturated carbocycles.